The van der Waals surface area contributed by atoms with Gasteiger partial charge < -0.3 is 10.7 Å². The Morgan fingerprint density at radius 1 is 1.44 bits per heavy atom. The van der Waals surface area contributed by atoms with E-state index in [9.17, 15) is 8.42 Å². The second-order valence-corrected chi connectivity index (χ2v) is 6.59. The summed E-state index contributed by atoms with van der Waals surface area (Å²) in [5.74, 6) is 0. The molecule has 0 saturated carbocycles. The second kappa shape index (κ2) is 5.66. The molecule has 0 aliphatic carbocycles. The molecule has 0 spiro atoms. The maximum atomic E-state index is 11.9. The Kier molecular flexibility index (Phi) is 4.18. The first-order valence-corrected chi connectivity index (χ1v) is 7.87. The van der Waals surface area contributed by atoms with Crippen LogP contribution < -0.4 is 10.5 Å². The van der Waals surface area contributed by atoms with Crippen LogP contribution in [0.3, 0.4) is 0 Å². The molecule has 4 N–H and O–H groups in total. The van der Waals surface area contributed by atoms with Crippen LogP contribution in [-0.2, 0) is 23.0 Å². The summed E-state index contributed by atoms with van der Waals surface area (Å²) < 4.78 is 26.4. The summed E-state index contributed by atoms with van der Waals surface area (Å²) in [6, 6.07) is 5.49. The van der Waals surface area contributed by atoms with Crippen molar-refractivity contribution in [3.05, 3.63) is 40.3 Å². The lowest BCUT2D eigenvalue weighted by molar-refractivity contribution is 0.582. The predicted octanol–water partition coefficient (Wildman–Crippen LogP) is 1.06. The molecule has 0 atom stereocenters. The quantitative estimate of drug-likeness (QED) is 0.741. The van der Waals surface area contributed by atoms with Crippen LogP contribution in [0.25, 0.3) is 0 Å². The molecule has 0 saturated heterocycles. The van der Waals surface area contributed by atoms with Gasteiger partial charge in [-0.25, -0.2) is 13.1 Å². The van der Waals surface area contributed by atoms with Gasteiger partial charge in [-0.3, -0.25) is 0 Å². The highest BCUT2D eigenvalue weighted by atomic mass is 32.2. The van der Waals surface area contributed by atoms with E-state index in [1.54, 1.807) is 17.4 Å². The number of nitrogens with one attached hydrogen (secondary N) is 2. The Bertz CT molecular complexity index is 588. The zero-order valence-electron chi connectivity index (χ0n) is 9.72. The molecule has 2 aromatic rings. The molecule has 0 bridgehead atoms. The Hall–Kier alpha value is -1.15. The van der Waals surface area contributed by atoms with E-state index < -0.39 is 10.0 Å². The number of rotatable bonds is 6. The molecule has 5 nitrogen and oxygen atoms in total. The van der Waals surface area contributed by atoms with E-state index in [-0.39, 0.29) is 4.90 Å². The van der Waals surface area contributed by atoms with Crippen LogP contribution in [0.4, 0.5) is 0 Å². The molecular formula is C11H15N3O2S2. The molecule has 0 fully saturated rings. The van der Waals surface area contributed by atoms with E-state index in [0.717, 1.165) is 4.88 Å². The van der Waals surface area contributed by atoms with Crippen LogP contribution in [-0.4, -0.2) is 19.9 Å². The number of H-pyrrole nitrogens is 1. The van der Waals surface area contributed by atoms with Gasteiger partial charge in [0.15, 0.2) is 0 Å². The topological polar surface area (TPSA) is 88.0 Å². The molecule has 7 heteroatoms. The van der Waals surface area contributed by atoms with E-state index in [0.29, 0.717) is 25.2 Å². The zero-order chi connectivity index (χ0) is 13.0. The minimum absolute atomic E-state index is 0.231. The molecule has 0 amide bonds. The van der Waals surface area contributed by atoms with Crippen molar-refractivity contribution in [2.75, 3.05) is 6.54 Å². The summed E-state index contributed by atoms with van der Waals surface area (Å²) in [5.41, 5.74) is 6.13. The van der Waals surface area contributed by atoms with Crippen molar-refractivity contribution in [1.29, 1.82) is 0 Å². The van der Waals surface area contributed by atoms with Crippen molar-refractivity contribution in [3.8, 4) is 0 Å². The lowest BCUT2D eigenvalue weighted by Crippen LogP contribution is -2.25. The minimum atomic E-state index is -3.43. The van der Waals surface area contributed by atoms with Gasteiger partial charge in [-0.15, -0.1) is 11.3 Å². The molecule has 98 valence electrons. The van der Waals surface area contributed by atoms with Crippen molar-refractivity contribution in [2.45, 2.75) is 17.9 Å². The van der Waals surface area contributed by atoms with Crippen LogP contribution in [0, 0.1) is 0 Å². The predicted molar refractivity (Wildman–Crippen MR) is 71.9 cm³/mol. The Morgan fingerprint density at radius 3 is 2.89 bits per heavy atom. The molecule has 2 rings (SSSR count). The standard InChI is InChI=1S/C11H15N3O2S2/c12-7-9-6-11(8-13-9)18(15,16)14-4-3-10-2-1-5-17-10/h1-2,5-6,8,13-14H,3-4,7,12H2. The lowest BCUT2D eigenvalue weighted by Gasteiger charge is -2.03. The summed E-state index contributed by atoms with van der Waals surface area (Å²) in [4.78, 5) is 4.22. The van der Waals surface area contributed by atoms with Gasteiger partial charge in [-0.1, -0.05) is 6.07 Å². The summed E-state index contributed by atoms with van der Waals surface area (Å²) in [6.07, 6.45) is 2.15. The summed E-state index contributed by atoms with van der Waals surface area (Å²) in [5, 5.41) is 1.98. The van der Waals surface area contributed by atoms with Crippen LogP contribution >= 0.6 is 11.3 Å². The number of aromatic nitrogens is 1. The average molecular weight is 285 g/mol. The summed E-state index contributed by atoms with van der Waals surface area (Å²) >= 11 is 1.62. The SMILES string of the molecule is NCc1cc(S(=O)(=O)NCCc2cccs2)c[nH]1. The molecule has 2 heterocycles. The first-order valence-electron chi connectivity index (χ1n) is 5.51. The van der Waals surface area contributed by atoms with Crippen molar-refractivity contribution in [3.63, 3.8) is 0 Å². The number of sulfonamides is 1. The van der Waals surface area contributed by atoms with E-state index in [2.05, 4.69) is 9.71 Å². The maximum absolute atomic E-state index is 11.9. The third kappa shape index (κ3) is 3.20. The van der Waals surface area contributed by atoms with Crippen molar-refractivity contribution >= 4 is 21.4 Å². The number of aromatic amines is 1. The highest BCUT2D eigenvalue weighted by Crippen LogP contribution is 2.11. The van der Waals surface area contributed by atoms with Gasteiger partial charge in [0.25, 0.3) is 0 Å². The van der Waals surface area contributed by atoms with Gasteiger partial charge in [0, 0.05) is 29.9 Å². The Labute approximate surface area is 110 Å². The molecule has 0 unspecified atom stereocenters. The lowest BCUT2D eigenvalue weighted by atomic mass is 10.3. The fourth-order valence-corrected chi connectivity index (χ4v) is 3.30. The summed E-state index contributed by atoms with van der Waals surface area (Å²) in [6.45, 7) is 0.691. The Balaban J connectivity index is 1.95. The van der Waals surface area contributed by atoms with Gasteiger partial charge in [0.2, 0.25) is 10.0 Å². The average Bonchev–Trinajstić information content (AvgIpc) is 2.99. The number of hydrogen-bond donors (Lipinski definition) is 3. The van der Waals surface area contributed by atoms with Crippen LogP contribution in [0.15, 0.2) is 34.7 Å². The fraction of sp³-hybridized carbons (Fsp3) is 0.273. The van der Waals surface area contributed by atoms with Gasteiger partial charge in [0.1, 0.15) is 0 Å². The third-order valence-corrected chi connectivity index (χ3v) is 4.87. The first kappa shape index (κ1) is 13.3. The molecule has 0 aliphatic rings. The van der Waals surface area contributed by atoms with Gasteiger partial charge >= 0.3 is 0 Å². The van der Waals surface area contributed by atoms with Crippen molar-refractivity contribution < 1.29 is 8.42 Å². The smallest absolute Gasteiger partial charge is 0.242 e. The minimum Gasteiger partial charge on any atom is -0.363 e. The van der Waals surface area contributed by atoms with Gasteiger partial charge in [0.05, 0.1) is 4.90 Å². The number of hydrogen-bond acceptors (Lipinski definition) is 4. The van der Waals surface area contributed by atoms with E-state index in [1.807, 2.05) is 17.5 Å². The number of thiophene rings is 1. The monoisotopic (exact) mass is 285 g/mol. The van der Waals surface area contributed by atoms with E-state index >= 15 is 0 Å². The Morgan fingerprint density at radius 2 is 2.28 bits per heavy atom. The van der Waals surface area contributed by atoms with Gasteiger partial charge in [-0.05, 0) is 23.9 Å². The normalized spacial score (nSPS) is 11.8. The third-order valence-electron chi connectivity index (χ3n) is 2.49. The van der Waals surface area contributed by atoms with Crippen LogP contribution in [0.1, 0.15) is 10.6 Å². The van der Waals surface area contributed by atoms with Crippen molar-refractivity contribution in [1.82, 2.24) is 9.71 Å². The molecule has 0 radical (unpaired) electrons. The molecule has 0 aromatic carbocycles. The van der Waals surface area contributed by atoms with Gasteiger partial charge in [-0.2, -0.15) is 0 Å². The van der Waals surface area contributed by atoms with Crippen LogP contribution in [0.2, 0.25) is 0 Å². The molecule has 18 heavy (non-hydrogen) atoms. The second-order valence-electron chi connectivity index (χ2n) is 3.79. The fourth-order valence-electron chi connectivity index (χ4n) is 1.54. The van der Waals surface area contributed by atoms with E-state index in [4.69, 9.17) is 5.73 Å². The largest absolute Gasteiger partial charge is 0.363 e. The van der Waals surface area contributed by atoms with Crippen LogP contribution in [0.5, 0.6) is 0 Å². The highest BCUT2D eigenvalue weighted by molar-refractivity contribution is 7.89. The zero-order valence-corrected chi connectivity index (χ0v) is 11.4. The van der Waals surface area contributed by atoms with E-state index in [1.165, 1.54) is 6.20 Å². The number of nitrogens with two attached hydrogens (primary N) is 1. The maximum Gasteiger partial charge on any atom is 0.242 e. The molecular weight excluding hydrogens is 270 g/mol. The first-order chi connectivity index (χ1) is 8.62. The summed E-state index contributed by atoms with van der Waals surface area (Å²) in [7, 11) is -3.43. The molecule has 2 aromatic heterocycles. The van der Waals surface area contributed by atoms with Crippen molar-refractivity contribution in [2.24, 2.45) is 5.73 Å². The highest BCUT2D eigenvalue weighted by Gasteiger charge is 2.15. The molecule has 0 aliphatic heterocycles.